The number of aromatic nitrogens is 2. The third kappa shape index (κ3) is 6.91. The second kappa shape index (κ2) is 10.5. The fourth-order valence-electron chi connectivity index (χ4n) is 2.19. The highest BCUT2D eigenvalue weighted by Gasteiger charge is 2.20. The zero-order valence-electron chi connectivity index (χ0n) is 14.5. The van der Waals surface area contributed by atoms with Crippen molar-refractivity contribution in [3.8, 4) is 0 Å². The molecule has 1 aromatic heterocycles. The zero-order chi connectivity index (χ0) is 17.9. The van der Waals surface area contributed by atoms with Crippen molar-refractivity contribution in [2.24, 2.45) is 5.92 Å². The Bertz CT molecular complexity index is 524. The predicted molar refractivity (Wildman–Crippen MR) is 90.1 cm³/mol. The number of anilines is 1. The van der Waals surface area contributed by atoms with Gasteiger partial charge < -0.3 is 0 Å². The number of unbranched alkanes of at least 4 members (excludes halogenated alkanes) is 2. The van der Waals surface area contributed by atoms with Crippen molar-refractivity contribution in [3.05, 3.63) is 18.0 Å². The Labute approximate surface area is 142 Å². The van der Waals surface area contributed by atoms with Gasteiger partial charge in [0.1, 0.15) is 0 Å². The molecule has 0 aliphatic rings. The van der Waals surface area contributed by atoms with Gasteiger partial charge in [-0.2, -0.15) is 0 Å². The maximum absolute atomic E-state index is 12.3. The van der Waals surface area contributed by atoms with E-state index in [2.05, 4.69) is 27.7 Å². The second-order valence-electron chi connectivity index (χ2n) is 5.99. The molecule has 1 atom stereocenters. The van der Waals surface area contributed by atoms with Crippen molar-refractivity contribution in [2.75, 3.05) is 12.0 Å². The molecule has 3 N–H and O–H groups in total. The number of amides is 2. The van der Waals surface area contributed by atoms with Crippen molar-refractivity contribution in [2.45, 2.75) is 52.4 Å². The van der Waals surface area contributed by atoms with Gasteiger partial charge in [0.25, 0.3) is 0 Å². The van der Waals surface area contributed by atoms with Crippen LogP contribution in [0.2, 0.25) is 0 Å². The number of hydrogen-bond acceptors (Lipinski definition) is 6. The van der Waals surface area contributed by atoms with Crippen LogP contribution >= 0.6 is 0 Å². The third-order valence-electron chi connectivity index (χ3n) is 3.62. The quantitative estimate of drug-likeness (QED) is 0.247. The maximum atomic E-state index is 12.3. The van der Waals surface area contributed by atoms with Gasteiger partial charge in [0.15, 0.2) is 0 Å². The highest BCUT2D eigenvalue weighted by Crippen LogP contribution is 2.13. The first-order valence-corrected chi connectivity index (χ1v) is 8.27. The molecule has 0 aliphatic carbocycles. The summed E-state index contributed by atoms with van der Waals surface area (Å²) in [4.78, 5) is 31.2. The van der Waals surface area contributed by atoms with E-state index in [9.17, 15) is 14.8 Å². The van der Waals surface area contributed by atoms with Gasteiger partial charge in [0.05, 0.1) is 12.5 Å². The number of rotatable bonds is 11. The van der Waals surface area contributed by atoms with E-state index in [1.165, 1.54) is 0 Å². The number of nitrogens with zero attached hydrogens (tertiary/aromatic N) is 3. The molecule has 8 nitrogen and oxygen atoms in total. The van der Waals surface area contributed by atoms with E-state index in [4.69, 9.17) is 0 Å². The Morgan fingerprint density at radius 2 is 2.17 bits per heavy atom. The van der Waals surface area contributed by atoms with E-state index in [0.717, 1.165) is 25.0 Å². The van der Waals surface area contributed by atoms with Crippen molar-refractivity contribution in [1.29, 1.82) is 0 Å². The highest BCUT2D eigenvalue weighted by molar-refractivity contribution is 5.80. The average molecular weight is 337 g/mol. The first kappa shape index (κ1) is 19.8. The summed E-state index contributed by atoms with van der Waals surface area (Å²) in [6.07, 6.45) is 5.36. The van der Waals surface area contributed by atoms with Crippen LogP contribution in [-0.2, 0) is 9.59 Å². The minimum Gasteiger partial charge on any atom is -0.286 e. The summed E-state index contributed by atoms with van der Waals surface area (Å²) in [5.74, 6) is -0.266. The molecule has 0 spiro atoms. The number of hydrogen-bond donors (Lipinski definition) is 3. The molecular weight excluding hydrogens is 310 g/mol. The van der Waals surface area contributed by atoms with Gasteiger partial charge in [-0.05, 0) is 18.4 Å². The highest BCUT2D eigenvalue weighted by atomic mass is 16.5. The normalized spacial score (nSPS) is 11.9. The van der Waals surface area contributed by atoms with Crippen LogP contribution in [0.1, 0.15) is 58.1 Å². The summed E-state index contributed by atoms with van der Waals surface area (Å²) in [6, 6.07) is 1.82. The predicted octanol–water partition coefficient (Wildman–Crippen LogP) is 2.09. The minimum absolute atomic E-state index is 0.0480. The second-order valence-corrected chi connectivity index (χ2v) is 5.99. The molecule has 0 aromatic carbocycles. The van der Waals surface area contributed by atoms with Crippen molar-refractivity contribution < 1.29 is 14.8 Å². The Balaban J connectivity index is 2.62. The molecule has 0 bridgehead atoms. The summed E-state index contributed by atoms with van der Waals surface area (Å²) in [7, 11) is 0. The van der Waals surface area contributed by atoms with E-state index in [1.807, 2.05) is 19.9 Å². The Morgan fingerprint density at radius 1 is 1.42 bits per heavy atom. The fraction of sp³-hybridized carbons (Fsp3) is 0.625. The molecule has 8 heteroatoms. The molecule has 0 saturated carbocycles. The van der Waals surface area contributed by atoms with Gasteiger partial charge in [-0.15, -0.1) is 0 Å². The SMILES string of the molecule is CCCCCC(CN(O)C=O)C(=O)NNc1nccc(C(C)C)n1. The fourth-order valence-corrected chi connectivity index (χ4v) is 2.19. The minimum atomic E-state index is -0.507. The molecule has 24 heavy (non-hydrogen) atoms. The van der Waals surface area contributed by atoms with Gasteiger partial charge >= 0.3 is 0 Å². The summed E-state index contributed by atoms with van der Waals surface area (Å²) in [6.45, 7) is 6.06. The lowest BCUT2D eigenvalue weighted by atomic mass is 10.0. The van der Waals surface area contributed by atoms with Crippen LogP contribution in [0.5, 0.6) is 0 Å². The molecule has 0 saturated heterocycles. The summed E-state index contributed by atoms with van der Waals surface area (Å²) in [5.41, 5.74) is 6.11. The van der Waals surface area contributed by atoms with Crippen LogP contribution in [0, 0.1) is 5.92 Å². The van der Waals surface area contributed by atoms with E-state index in [1.54, 1.807) is 6.20 Å². The van der Waals surface area contributed by atoms with Gasteiger partial charge in [-0.25, -0.2) is 15.0 Å². The summed E-state index contributed by atoms with van der Waals surface area (Å²) >= 11 is 0. The number of hydroxylamine groups is 2. The largest absolute Gasteiger partial charge is 0.286 e. The lowest BCUT2D eigenvalue weighted by molar-refractivity contribution is -0.154. The van der Waals surface area contributed by atoms with Crippen LogP contribution in [0.15, 0.2) is 12.3 Å². The van der Waals surface area contributed by atoms with Crippen molar-refractivity contribution in [3.63, 3.8) is 0 Å². The van der Waals surface area contributed by atoms with Crippen molar-refractivity contribution >= 4 is 18.3 Å². The van der Waals surface area contributed by atoms with Gasteiger partial charge in [0.2, 0.25) is 18.3 Å². The van der Waals surface area contributed by atoms with E-state index >= 15 is 0 Å². The molecule has 2 amide bonds. The van der Waals surface area contributed by atoms with Crippen LogP contribution in [0.25, 0.3) is 0 Å². The lowest BCUT2D eigenvalue weighted by Crippen LogP contribution is -2.40. The van der Waals surface area contributed by atoms with E-state index in [-0.39, 0.29) is 18.4 Å². The topological polar surface area (TPSA) is 107 Å². The number of nitrogens with one attached hydrogen (secondary N) is 2. The monoisotopic (exact) mass is 337 g/mol. The molecular formula is C16H27N5O3. The molecule has 0 fully saturated rings. The van der Waals surface area contributed by atoms with E-state index in [0.29, 0.717) is 23.8 Å². The number of hydrazine groups is 1. The Kier molecular flexibility index (Phi) is 8.70. The Hall–Kier alpha value is -2.22. The maximum Gasteiger partial charge on any atom is 0.243 e. The Morgan fingerprint density at radius 3 is 2.79 bits per heavy atom. The molecule has 1 unspecified atom stereocenters. The third-order valence-corrected chi connectivity index (χ3v) is 3.62. The zero-order valence-corrected chi connectivity index (χ0v) is 14.5. The smallest absolute Gasteiger partial charge is 0.243 e. The number of carbonyl (C=O) groups is 2. The van der Waals surface area contributed by atoms with E-state index < -0.39 is 5.92 Å². The van der Waals surface area contributed by atoms with Gasteiger partial charge in [-0.3, -0.25) is 25.6 Å². The number of carbonyl (C=O) groups excluding carboxylic acids is 2. The molecule has 1 aromatic rings. The van der Waals surface area contributed by atoms with Crippen molar-refractivity contribution in [1.82, 2.24) is 20.5 Å². The molecule has 0 aliphatic heterocycles. The standard InChI is InChI=1S/C16H27N5O3/c1-4-5-6-7-13(10-21(24)11-22)15(23)19-20-16-17-9-8-14(18-16)12(2)3/h8-9,11-13,24H,4-7,10H2,1-3H3,(H,19,23)(H,17,18,20). The molecule has 0 radical (unpaired) electrons. The van der Waals surface area contributed by atoms with Crippen LogP contribution < -0.4 is 10.9 Å². The van der Waals surface area contributed by atoms with Crippen LogP contribution in [-0.4, -0.2) is 39.1 Å². The molecule has 134 valence electrons. The molecule has 1 rings (SSSR count). The average Bonchev–Trinajstić information content (AvgIpc) is 2.58. The lowest BCUT2D eigenvalue weighted by Gasteiger charge is -2.19. The summed E-state index contributed by atoms with van der Waals surface area (Å²) in [5, 5.41) is 9.85. The molecule has 1 heterocycles. The summed E-state index contributed by atoms with van der Waals surface area (Å²) < 4.78 is 0. The first-order valence-electron chi connectivity index (χ1n) is 8.27. The van der Waals surface area contributed by atoms with Crippen LogP contribution in [0.4, 0.5) is 5.95 Å². The van der Waals surface area contributed by atoms with Gasteiger partial charge in [-0.1, -0.05) is 40.0 Å². The van der Waals surface area contributed by atoms with Crippen LogP contribution in [0.3, 0.4) is 0 Å². The first-order chi connectivity index (χ1) is 11.5. The van der Waals surface area contributed by atoms with Gasteiger partial charge in [0, 0.05) is 11.9 Å².